The van der Waals surface area contributed by atoms with Gasteiger partial charge in [0.25, 0.3) is 0 Å². The molecule has 0 radical (unpaired) electrons. The Hall–Kier alpha value is -0.780. The van der Waals surface area contributed by atoms with Gasteiger partial charge in [0.05, 0.1) is 12.0 Å². The number of esters is 1. The molecule has 0 spiro atoms. The molecule has 0 fully saturated rings. The molecular formula is C17H32F3NO2. The summed E-state index contributed by atoms with van der Waals surface area (Å²) in [6.07, 6.45) is 3.35. The summed E-state index contributed by atoms with van der Waals surface area (Å²) in [4.78, 5) is 11.9. The van der Waals surface area contributed by atoms with Gasteiger partial charge in [-0.15, -0.1) is 0 Å². The van der Waals surface area contributed by atoms with E-state index in [0.29, 0.717) is 6.42 Å². The number of unbranched alkanes of at least 4 members (excludes halogenated alkanes) is 7. The number of halogens is 3. The van der Waals surface area contributed by atoms with Crippen LogP contribution in [0.5, 0.6) is 0 Å². The Bertz CT molecular complexity index is 319. The van der Waals surface area contributed by atoms with Crippen LogP contribution < -0.4 is 5.73 Å². The maximum absolute atomic E-state index is 12.8. The van der Waals surface area contributed by atoms with E-state index in [1.54, 1.807) is 13.8 Å². The van der Waals surface area contributed by atoms with Gasteiger partial charge in [-0.3, -0.25) is 4.79 Å². The quantitative estimate of drug-likeness (QED) is 0.403. The summed E-state index contributed by atoms with van der Waals surface area (Å²) in [6.45, 7) is 5.38. The van der Waals surface area contributed by atoms with E-state index in [1.807, 2.05) is 0 Å². The Balaban J connectivity index is 4.25. The molecule has 3 nitrogen and oxygen atoms in total. The predicted octanol–water partition coefficient (Wildman–Crippen LogP) is 4.97. The van der Waals surface area contributed by atoms with Gasteiger partial charge in [-0.2, -0.15) is 13.2 Å². The van der Waals surface area contributed by atoms with Crippen LogP contribution in [0, 0.1) is 5.92 Å². The van der Waals surface area contributed by atoms with E-state index >= 15 is 0 Å². The highest BCUT2D eigenvalue weighted by Crippen LogP contribution is 2.28. The summed E-state index contributed by atoms with van der Waals surface area (Å²) >= 11 is 0. The number of nitrogens with two attached hydrogens (primary N) is 1. The highest BCUT2D eigenvalue weighted by molar-refractivity contribution is 5.73. The third kappa shape index (κ3) is 10.6. The van der Waals surface area contributed by atoms with Crippen LogP contribution in [0.4, 0.5) is 13.2 Å². The lowest BCUT2D eigenvalue weighted by Crippen LogP contribution is -2.47. The zero-order chi connectivity index (χ0) is 17.9. The molecule has 0 bridgehead atoms. The number of alkyl halides is 3. The molecule has 0 amide bonds. The topological polar surface area (TPSA) is 52.3 Å². The normalized spacial score (nSPS) is 14.8. The number of hydrogen-bond acceptors (Lipinski definition) is 3. The van der Waals surface area contributed by atoms with Gasteiger partial charge in [-0.25, -0.2) is 0 Å². The molecule has 0 saturated carbocycles. The number of carbonyl (C=O) groups excluding carboxylic acids is 1. The van der Waals surface area contributed by atoms with Crippen molar-refractivity contribution in [3.05, 3.63) is 0 Å². The number of carbonyl (C=O) groups is 1. The average molecular weight is 339 g/mol. The maximum Gasteiger partial charge on any atom is 0.404 e. The first-order valence-corrected chi connectivity index (χ1v) is 8.72. The molecule has 0 aromatic carbocycles. The predicted molar refractivity (Wildman–Crippen MR) is 86.0 cm³/mol. The Morgan fingerprint density at radius 3 is 1.91 bits per heavy atom. The first-order chi connectivity index (χ1) is 10.7. The van der Waals surface area contributed by atoms with E-state index in [2.05, 4.69) is 6.92 Å². The van der Waals surface area contributed by atoms with Crippen LogP contribution in [-0.4, -0.2) is 24.3 Å². The van der Waals surface area contributed by atoms with E-state index in [-0.39, 0.29) is 6.42 Å². The largest absolute Gasteiger partial charge is 0.463 e. The fourth-order valence-corrected chi connectivity index (χ4v) is 2.49. The van der Waals surface area contributed by atoms with Crippen molar-refractivity contribution in [3.63, 3.8) is 0 Å². The summed E-state index contributed by atoms with van der Waals surface area (Å²) in [7, 11) is 0. The SMILES string of the molecule is CCCCCCCCCC[C@@H](C(=O)OC(C)C)[C@@H](N)C(F)(F)F. The van der Waals surface area contributed by atoms with Crippen molar-refractivity contribution < 1.29 is 22.7 Å². The number of ether oxygens (including phenoxy) is 1. The molecule has 6 heteroatoms. The van der Waals surface area contributed by atoms with Crippen LogP contribution in [0.25, 0.3) is 0 Å². The van der Waals surface area contributed by atoms with E-state index in [9.17, 15) is 18.0 Å². The Morgan fingerprint density at radius 2 is 1.48 bits per heavy atom. The van der Waals surface area contributed by atoms with Crippen LogP contribution >= 0.6 is 0 Å². The standard InChI is InChI=1S/C17H32F3NO2/c1-4-5-6-7-8-9-10-11-12-14(15(21)17(18,19)20)16(22)23-13(2)3/h13-15H,4-12,21H2,1-3H3/t14-,15-/m1/s1. The number of rotatable bonds is 12. The second kappa shape index (κ2) is 11.7. The first kappa shape index (κ1) is 22.2. The molecule has 0 aliphatic heterocycles. The second-order valence-corrected chi connectivity index (χ2v) is 6.42. The van der Waals surface area contributed by atoms with Gasteiger partial charge in [-0.1, -0.05) is 58.3 Å². The summed E-state index contributed by atoms with van der Waals surface area (Å²) in [6, 6.07) is -2.15. The Kier molecular flexibility index (Phi) is 11.3. The molecule has 0 aromatic rings. The molecule has 0 saturated heterocycles. The van der Waals surface area contributed by atoms with Crippen molar-refractivity contribution in [3.8, 4) is 0 Å². The fraction of sp³-hybridized carbons (Fsp3) is 0.941. The van der Waals surface area contributed by atoms with Gasteiger partial charge in [0, 0.05) is 0 Å². The van der Waals surface area contributed by atoms with E-state index in [4.69, 9.17) is 10.5 Å². The summed E-state index contributed by atoms with van der Waals surface area (Å²) in [5, 5.41) is 0. The lowest BCUT2D eigenvalue weighted by molar-refractivity contribution is -0.179. The van der Waals surface area contributed by atoms with Crippen LogP contribution in [-0.2, 0) is 9.53 Å². The van der Waals surface area contributed by atoms with Gasteiger partial charge >= 0.3 is 12.1 Å². The molecule has 0 aliphatic rings. The molecular weight excluding hydrogens is 307 g/mol. The Morgan fingerprint density at radius 1 is 1.00 bits per heavy atom. The van der Waals surface area contributed by atoms with E-state index in [0.717, 1.165) is 25.7 Å². The molecule has 2 atom stereocenters. The highest BCUT2D eigenvalue weighted by Gasteiger charge is 2.45. The van der Waals surface area contributed by atoms with E-state index < -0.39 is 30.2 Å². The van der Waals surface area contributed by atoms with Crippen molar-refractivity contribution >= 4 is 5.97 Å². The smallest absolute Gasteiger partial charge is 0.404 e. The molecule has 0 aliphatic carbocycles. The van der Waals surface area contributed by atoms with Crippen LogP contribution in [0.15, 0.2) is 0 Å². The number of hydrogen-bond donors (Lipinski definition) is 1. The summed E-state index contributed by atoms with van der Waals surface area (Å²) in [5.74, 6) is -2.15. The van der Waals surface area contributed by atoms with Crippen molar-refractivity contribution in [1.82, 2.24) is 0 Å². The lowest BCUT2D eigenvalue weighted by Gasteiger charge is -2.25. The minimum atomic E-state index is -4.58. The van der Waals surface area contributed by atoms with E-state index in [1.165, 1.54) is 19.3 Å². The molecule has 23 heavy (non-hydrogen) atoms. The molecule has 0 heterocycles. The molecule has 0 aromatic heterocycles. The van der Waals surface area contributed by atoms with Crippen LogP contribution in [0.1, 0.15) is 78.6 Å². The second-order valence-electron chi connectivity index (χ2n) is 6.42. The first-order valence-electron chi connectivity index (χ1n) is 8.72. The molecule has 0 unspecified atom stereocenters. The van der Waals surface area contributed by atoms with Crippen molar-refractivity contribution in [2.24, 2.45) is 11.7 Å². The Labute approximate surface area is 138 Å². The van der Waals surface area contributed by atoms with Crippen LogP contribution in [0.3, 0.4) is 0 Å². The maximum atomic E-state index is 12.8. The molecule has 2 N–H and O–H groups in total. The van der Waals surface area contributed by atoms with Crippen LogP contribution in [0.2, 0.25) is 0 Å². The van der Waals surface area contributed by atoms with Crippen molar-refractivity contribution in [2.75, 3.05) is 0 Å². The van der Waals surface area contributed by atoms with Gasteiger partial charge in [-0.05, 0) is 20.3 Å². The zero-order valence-electron chi connectivity index (χ0n) is 14.6. The monoisotopic (exact) mass is 339 g/mol. The highest BCUT2D eigenvalue weighted by atomic mass is 19.4. The van der Waals surface area contributed by atoms with Gasteiger partial charge < -0.3 is 10.5 Å². The lowest BCUT2D eigenvalue weighted by atomic mass is 9.93. The van der Waals surface area contributed by atoms with Crippen molar-refractivity contribution in [2.45, 2.75) is 96.9 Å². The molecule has 138 valence electrons. The minimum Gasteiger partial charge on any atom is -0.463 e. The summed E-state index contributed by atoms with van der Waals surface area (Å²) < 4.78 is 43.4. The third-order valence-electron chi connectivity index (χ3n) is 3.83. The van der Waals surface area contributed by atoms with Gasteiger partial charge in [0.1, 0.15) is 6.04 Å². The minimum absolute atomic E-state index is 0.126. The summed E-state index contributed by atoms with van der Waals surface area (Å²) in [5.41, 5.74) is 5.24. The fourth-order valence-electron chi connectivity index (χ4n) is 2.49. The third-order valence-corrected chi connectivity index (χ3v) is 3.83. The van der Waals surface area contributed by atoms with Gasteiger partial charge in [0.15, 0.2) is 0 Å². The molecule has 0 rings (SSSR count). The zero-order valence-corrected chi connectivity index (χ0v) is 14.6. The van der Waals surface area contributed by atoms with Gasteiger partial charge in [0.2, 0.25) is 0 Å². The van der Waals surface area contributed by atoms with Crippen molar-refractivity contribution in [1.29, 1.82) is 0 Å². The average Bonchev–Trinajstić information content (AvgIpc) is 2.43.